The maximum atomic E-state index is 12.0. The molecule has 0 radical (unpaired) electrons. The molecule has 0 saturated heterocycles. The van der Waals surface area contributed by atoms with Crippen LogP contribution in [0, 0.1) is 0 Å². The SMILES string of the molecule is C[C@@H](Cn1cncn1)NC(=O)C[C@@H](O)c1cc(Cl)cc(Cl)c1. The van der Waals surface area contributed by atoms with E-state index >= 15 is 0 Å². The Labute approximate surface area is 138 Å². The van der Waals surface area contributed by atoms with Crippen LogP contribution in [0.5, 0.6) is 0 Å². The molecular weight excluding hydrogens is 327 g/mol. The molecule has 2 aromatic rings. The van der Waals surface area contributed by atoms with Crippen LogP contribution in [0.3, 0.4) is 0 Å². The Morgan fingerprint density at radius 3 is 2.64 bits per heavy atom. The van der Waals surface area contributed by atoms with E-state index in [1.165, 1.54) is 6.33 Å². The van der Waals surface area contributed by atoms with Crippen molar-refractivity contribution in [2.75, 3.05) is 0 Å². The molecule has 0 bridgehead atoms. The lowest BCUT2D eigenvalue weighted by atomic mass is 10.1. The number of aromatic nitrogens is 3. The summed E-state index contributed by atoms with van der Waals surface area (Å²) in [5, 5.41) is 17.7. The number of carbonyl (C=O) groups excluding carboxylic acids is 1. The van der Waals surface area contributed by atoms with Crippen LogP contribution < -0.4 is 5.32 Å². The maximum Gasteiger partial charge on any atom is 0.223 e. The number of rotatable bonds is 6. The third-order valence-corrected chi connectivity index (χ3v) is 3.42. The molecule has 8 heteroatoms. The Kier molecular flexibility index (Phi) is 5.76. The second kappa shape index (κ2) is 7.58. The fourth-order valence-electron chi connectivity index (χ4n) is 2.05. The van der Waals surface area contributed by atoms with Crippen molar-refractivity contribution < 1.29 is 9.90 Å². The van der Waals surface area contributed by atoms with Gasteiger partial charge in [-0.2, -0.15) is 5.10 Å². The molecule has 22 heavy (non-hydrogen) atoms. The number of halogens is 2. The molecule has 1 amide bonds. The summed E-state index contributed by atoms with van der Waals surface area (Å²) < 4.78 is 1.62. The summed E-state index contributed by atoms with van der Waals surface area (Å²) in [5.74, 6) is -0.267. The van der Waals surface area contributed by atoms with Gasteiger partial charge in [-0.3, -0.25) is 9.48 Å². The summed E-state index contributed by atoms with van der Waals surface area (Å²) in [4.78, 5) is 15.8. The van der Waals surface area contributed by atoms with E-state index in [2.05, 4.69) is 15.4 Å². The summed E-state index contributed by atoms with van der Waals surface area (Å²) in [6.07, 6.45) is 1.97. The van der Waals surface area contributed by atoms with Gasteiger partial charge < -0.3 is 10.4 Å². The molecule has 1 aromatic heterocycles. The number of carbonyl (C=O) groups is 1. The molecule has 0 unspecified atom stereocenters. The van der Waals surface area contributed by atoms with Crippen LogP contribution in [0.4, 0.5) is 0 Å². The minimum atomic E-state index is -0.963. The second-order valence-corrected chi connectivity index (χ2v) is 5.88. The third-order valence-electron chi connectivity index (χ3n) is 2.98. The van der Waals surface area contributed by atoms with Crippen LogP contribution in [0.15, 0.2) is 30.9 Å². The lowest BCUT2D eigenvalue weighted by Crippen LogP contribution is -2.36. The first-order valence-corrected chi connectivity index (χ1v) is 7.45. The number of aliphatic hydroxyl groups is 1. The molecule has 0 saturated carbocycles. The van der Waals surface area contributed by atoms with Crippen molar-refractivity contribution in [2.45, 2.75) is 32.0 Å². The lowest BCUT2D eigenvalue weighted by molar-refractivity contribution is -0.123. The van der Waals surface area contributed by atoms with Gasteiger partial charge in [-0.1, -0.05) is 23.2 Å². The Hall–Kier alpha value is -1.63. The summed E-state index contributed by atoms with van der Waals surface area (Å²) in [6, 6.07) is 4.61. The first-order chi connectivity index (χ1) is 10.4. The molecule has 0 aliphatic carbocycles. The number of nitrogens with zero attached hydrogens (tertiary/aromatic N) is 3. The van der Waals surface area contributed by atoms with Gasteiger partial charge in [-0.05, 0) is 30.7 Å². The molecule has 0 aliphatic rings. The number of nitrogens with one attached hydrogen (secondary N) is 1. The summed E-state index contributed by atoms with van der Waals surface area (Å²) in [6.45, 7) is 2.35. The summed E-state index contributed by atoms with van der Waals surface area (Å²) in [7, 11) is 0. The first-order valence-electron chi connectivity index (χ1n) is 6.70. The van der Waals surface area contributed by atoms with Crippen molar-refractivity contribution in [2.24, 2.45) is 0 Å². The number of benzene rings is 1. The van der Waals surface area contributed by atoms with Crippen molar-refractivity contribution >= 4 is 29.1 Å². The van der Waals surface area contributed by atoms with Crippen LogP contribution in [-0.4, -0.2) is 31.8 Å². The minimum Gasteiger partial charge on any atom is -0.388 e. The zero-order chi connectivity index (χ0) is 16.1. The molecule has 1 aromatic carbocycles. The molecular formula is C14H16Cl2N4O2. The highest BCUT2D eigenvalue weighted by atomic mass is 35.5. The van der Waals surface area contributed by atoms with Crippen LogP contribution in [-0.2, 0) is 11.3 Å². The van der Waals surface area contributed by atoms with Gasteiger partial charge in [0.2, 0.25) is 5.91 Å². The minimum absolute atomic E-state index is 0.0711. The first kappa shape index (κ1) is 16.7. The van der Waals surface area contributed by atoms with Gasteiger partial charge in [0.05, 0.1) is 19.1 Å². The van der Waals surface area contributed by atoms with Crippen molar-refractivity contribution in [3.05, 3.63) is 46.5 Å². The smallest absolute Gasteiger partial charge is 0.223 e. The van der Waals surface area contributed by atoms with E-state index in [9.17, 15) is 9.90 Å². The molecule has 6 nitrogen and oxygen atoms in total. The van der Waals surface area contributed by atoms with E-state index in [0.717, 1.165) is 0 Å². The Morgan fingerprint density at radius 2 is 2.05 bits per heavy atom. The van der Waals surface area contributed by atoms with Gasteiger partial charge in [0.25, 0.3) is 0 Å². The quantitative estimate of drug-likeness (QED) is 0.843. The fourth-order valence-corrected chi connectivity index (χ4v) is 2.59. The molecule has 0 fully saturated rings. The zero-order valence-corrected chi connectivity index (χ0v) is 13.4. The fraction of sp³-hybridized carbons (Fsp3) is 0.357. The van der Waals surface area contributed by atoms with E-state index in [0.29, 0.717) is 22.2 Å². The molecule has 2 rings (SSSR count). The van der Waals surface area contributed by atoms with Crippen LogP contribution >= 0.6 is 23.2 Å². The van der Waals surface area contributed by atoms with Crippen LogP contribution in [0.2, 0.25) is 10.0 Å². The van der Waals surface area contributed by atoms with Gasteiger partial charge in [-0.25, -0.2) is 4.98 Å². The summed E-state index contributed by atoms with van der Waals surface area (Å²) in [5.41, 5.74) is 0.511. The number of hydrogen-bond donors (Lipinski definition) is 2. The van der Waals surface area contributed by atoms with Gasteiger partial charge in [-0.15, -0.1) is 0 Å². The van der Waals surface area contributed by atoms with E-state index in [1.807, 2.05) is 6.92 Å². The molecule has 2 N–H and O–H groups in total. The number of aliphatic hydroxyl groups excluding tert-OH is 1. The van der Waals surface area contributed by atoms with E-state index < -0.39 is 6.10 Å². The van der Waals surface area contributed by atoms with Gasteiger partial charge in [0, 0.05) is 16.1 Å². The number of amides is 1. The van der Waals surface area contributed by atoms with Gasteiger partial charge in [0.1, 0.15) is 12.7 Å². The standard InChI is InChI=1S/C14H16Cl2N4O2/c1-9(6-20-8-17-7-18-20)19-14(22)5-13(21)10-2-11(15)4-12(16)3-10/h2-4,7-9,13,21H,5-6H2,1H3,(H,19,22)/t9-,13+/m0/s1. The highest BCUT2D eigenvalue weighted by Crippen LogP contribution is 2.25. The Morgan fingerprint density at radius 1 is 1.36 bits per heavy atom. The van der Waals surface area contributed by atoms with Crippen molar-refractivity contribution in [1.29, 1.82) is 0 Å². The second-order valence-electron chi connectivity index (χ2n) is 5.01. The maximum absolute atomic E-state index is 12.0. The van der Waals surface area contributed by atoms with Crippen LogP contribution in [0.1, 0.15) is 25.0 Å². The van der Waals surface area contributed by atoms with Gasteiger partial charge >= 0.3 is 0 Å². The highest BCUT2D eigenvalue weighted by Gasteiger charge is 2.16. The summed E-state index contributed by atoms with van der Waals surface area (Å²) >= 11 is 11.8. The largest absolute Gasteiger partial charge is 0.388 e. The predicted octanol–water partition coefficient (Wildman–Crippen LogP) is 2.21. The van der Waals surface area contributed by atoms with Crippen molar-refractivity contribution in [3.63, 3.8) is 0 Å². The Bertz CT molecular complexity index is 614. The van der Waals surface area contributed by atoms with Crippen molar-refractivity contribution in [3.8, 4) is 0 Å². The molecule has 0 spiro atoms. The van der Waals surface area contributed by atoms with Gasteiger partial charge in [0.15, 0.2) is 0 Å². The third kappa shape index (κ3) is 4.98. The lowest BCUT2D eigenvalue weighted by Gasteiger charge is -2.16. The van der Waals surface area contributed by atoms with E-state index in [4.69, 9.17) is 23.2 Å². The topological polar surface area (TPSA) is 80.0 Å². The van der Waals surface area contributed by atoms with E-state index in [1.54, 1.807) is 29.2 Å². The molecule has 2 atom stereocenters. The monoisotopic (exact) mass is 342 g/mol. The van der Waals surface area contributed by atoms with E-state index in [-0.39, 0.29) is 18.4 Å². The predicted molar refractivity (Wildman–Crippen MR) is 83.7 cm³/mol. The van der Waals surface area contributed by atoms with Crippen LogP contribution in [0.25, 0.3) is 0 Å². The zero-order valence-electron chi connectivity index (χ0n) is 11.9. The average Bonchev–Trinajstić information content (AvgIpc) is 2.89. The molecule has 1 heterocycles. The number of hydrogen-bond acceptors (Lipinski definition) is 4. The molecule has 0 aliphatic heterocycles. The molecule has 118 valence electrons. The highest BCUT2D eigenvalue weighted by molar-refractivity contribution is 6.34. The normalized spacial score (nSPS) is 13.6. The Balaban J connectivity index is 1.88. The average molecular weight is 343 g/mol. The van der Waals surface area contributed by atoms with Crippen molar-refractivity contribution in [1.82, 2.24) is 20.1 Å².